The smallest absolute Gasteiger partial charge is 0.0123 e. The summed E-state index contributed by atoms with van der Waals surface area (Å²) in [5.41, 5.74) is 1.46. The van der Waals surface area contributed by atoms with E-state index in [1.54, 1.807) is 0 Å². The lowest BCUT2D eigenvalue weighted by molar-refractivity contribution is 0.614. The monoisotopic (exact) mass is 318 g/mol. The zero-order valence-corrected chi connectivity index (χ0v) is 11.6. The van der Waals surface area contributed by atoms with Crippen LogP contribution < -0.4 is 0 Å². The Morgan fingerprint density at radius 3 is 2.36 bits per heavy atom. The summed E-state index contributed by atoms with van der Waals surface area (Å²) in [4.78, 5) is 0.590. The van der Waals surface area contributed by atoms with Gasteiger partial charge in [0.15, 0.2) is 0 Å². The van der Waals surface area contributed by atoms with Gasteiger partial charge in [-0.25, -0.2) is 0 Å². The van der Waals surface area contributed by atoms with Gasteiger partial charge >= 0.3 is 0 Å². The van der Waals surface area contributed by atoms with Crippen molar-refractivity contribution < 1.29 is 0 Å². The number of rotatable bonds is 5. The number of hydrogen-bond donors (Lipinski definition) is 0. The van der Waals surface area contributed by atoms with E-state index in [0.717, 1.165) is 5.33 Å². The van der Waals surface area contributed by atoms with E-state index in [-0.39, 0.29) is 0 Å². The van der Waals surface area contributed by atoms with Crippen molar-refractivity contribution in [2.75, 3.05) is 5.33 Å². The summed E-state index contributed by atoms with van der Waals surface area (Å²) in [5, 5.41) is 1.08. The first kappa shape index (κ1) is 12.3. The van der Waals surface area contributed by atoms with E-state index in [0.29, 0.717) is 10.7 Å². The van der Waals surface area contributed by atoms with Crippen LogP contribution in [0.15, 0.2) is 30.3 Å². The first-order chi connectivity index (χ1) is 6.74. The molecule has 2 atom stereocenters. The highest BCUT2D eigenvalue weighted by atomic mass is 79.9. The maximum absolute atomic E-state index is 3.63. The SMILES string of the molecule is CC(Br)CC(CCBr)c1ccccc1. The molecule has 1 aromatic rings. The molecule has 0 heterocycles. The van der Waals surface area contributed by atoms with Crippen LogP contribution in [0.3, 0.4) is 0 Å². The van der Waals surface area contributed by atoms with Crippen LogP contribution in [0.2, 0.25) is 0 Å². The number of halogens is 2. The standard InChI is InChI=1S/C12H16Br2/c1-10(14)9-12(7-8-13)11-5-3-2-4-6-11/h2-6,10,12H,7-9H2,1H3. The normalized spacial score (nSPS) is 15.1. The lowest BCUT2D eigenvalue weighted by Gasteiger charge is -2.17. The zero-order chi connectivity index (χ0) is 10.4. The molecule has 0 nitrogen and oxygen atoms in total. The third kappa shape index (κ3) is 4.14. The van der Waals surface area contributed by atoms with Gasteiger partial charge in [-0.3, -0.25) is 0 Å². The van der Waals surface area contributed by atoms with Gasteiger partial charge in [0.25, 0.3) is 0 Å². The van der Waals surface area contributed by atoms with E-state index in [1.807, 2.05) is 0 Å². The van der Waals surface area contributed by atoms with Crippen molar-refractivity contribution in [3.8, 4) is 0 Å². The summed E-state index contributed by atoms with van der Waals surface area (Å²) in [5.74, 6) is 0.671. The van der Waals surface area contributed by atoms with Crippen LogP contribution in [0.25, 0.3) is 0 Å². The third-order valence-electron chi connectivity index (χ3n) is 2.34. The van der Waals surface area contributed by atoms with E-state index >= 15 is 0 Å². The quantitative estimate of drug-likeness (QED) is 0.688. The summed E-state index contributed by atoms with van der Waals surface area (Å²) < 4.78 is 0. The molecule has 0 N–H and O–H groups in total. The number of alkyl halides is 2. The van der Waals surface area contributed by atoms with Crippen molar-refractivity contribution >= 4 is 31.9 Å². The fraction of sp³-hybridized carbons (Fsp3) is 0.500. The van der Waals surface area contributed by atoms with E-state index in [4.69, 9.17) is 0 Å². The summed E-state index contributed by atoms with van der Waals surface area (Å²) in [6.07, 6.45) is 2.41. The first-order valence-electron chi connectivity index (χ1n) is 4.99. The van der Waals surface area contributed by atoms with Crippen LogP contribution in [0, 0.1) is 0 Å². The minimum Gasteiger partial charge on any atom is -0.0928 e. The number of benzene rings is 1. The molecule has 0 saturated carbocycles. The molecule has 0 aliphatic carbocycles. The maximum Gasteiger partial charge on any atom is 0.0123 e. The van der Waals surface area contributed by atoms with E-state index < -0.39 is 0 Å². The first-order valence-corrected chi connectivity index (χ1v) is 7.02. The second-order valence-corrected chi connectivity index (χ2v) is 5.96. The largest absolute Gasteiger partial charge is 0.0928 e. The third-order valence-corrected chi connectivity index (χ3v) is 3.17. The van der Waals surface area contributed by atoms with Crippen molar-refractivity contribution in [3.05, 3.63) is 35.9 Å². The molecule has 2 unspecified atom stereocenters. The van der Waals surface area contributed by atoms with Crippen LogP contribution in [0.5, 0.6) is 0 Å². The molecule has 0 fully saturated rings. The Morgan fingerprint density at radius 2 is 1.86 bits per heavy atom. The van der Waals surface area contributed by atoms with Crippen molar-refractivity contribution in [3.63, 3.8) is 0 Å². The highest BCUT2D eigenvalue weighted by Gasteiger charge is 2.12. The highest BCUT2D eigenvalue weighted by molar-refractivity contribution is 9.09. The fourth-order valence-electron chi connectivity index (χ4n) is 1.67. The van der Waals surface area contributed by atoms with E-state index in [2.05, 4.69) is 69.1 Å². The fourth-order valence-corrected chi connectivity index (χ4v) is 2.67. The Hall–Kier alpha value is 0.180. The Balaban J connectivity index is 2.67. The average Bonchev–Trinajstić information content (AvgIpc) is 2.18. The molecule has 0 aromatic heterocycles. The Morgan fingerprint density at radius 1 is 1.21 bits per heavy atom. The molecule has 1 rings (SSSR count). The van der Waals surface area contributed by atoms with Crippen LogP contribution in [-0.4, -0.2) is 10.2 Å². The van der Waals surface area contributed by atoms with Crippen LogP contribution in [0.4, 0.5) is 0 Å². The second kappa shape index (κ2) is 6.62. The molecule has 0 aliphatic heterocycles. The lowest BCUT2D eigenvalue weighted by atomic mass is 9.92. The molecule has 0 aliphatic rings. The van der Waals surface area contributed by atoms with Gasteiger partial charge in [0.05, 0.1) is 0 Å². The predicted molar refractivity (Wildman–Crippen MR) is 70.6 cm³/mol. The zero-order valence-electron chi connectivity index (χ0n) is 8.42. The van der Waals surface area contributed by atoms with Crippen LogP contribution in [0.1, 0.15) is 31.2 Å². The van der Waals surface area contributed by atoms with Gasteiger partial charge in [0, 0.05) is 10.2 Å². The Labute approximate surface area is 103 Å². The molecule has 78 valence electrons. The molecule has 0 amide bonds. The van der Waals surface area contributed by atoms with Gasteiger partial charge in [0.1, 0.15) is 0 Å². The van der Waals surface area contributed by atoms with Crippen LogP contribution in [-0.2, 0) is 0 Å². The molecule has 2 heteroatoms. The molecular weight excluding hydrogens is 304 g/mol. The maximum atomic E-state index is 3.63. The second-order valence-electron chi connectivity index (χ2n) is 3.60. The molecule has 0 bridgehead atoms. The van der Waals surface area contributed by atoms with Gasteiger partial charge in [-0.2, -0.15) is 0 Å². The number of hydrogen-bond acceptors (Lipinski definition) is 0. The Bertz CT molecular complexity index is 244. The average molecular weight is 320 g/mol. The Kier molecular flexibility index (Phi) is 5.80. The van der Waals surface area contributed by atoms with Gasteiger partial charge in [0.2, 0.25) is 0 Å². The molecule has 0 saturated heterocycles. The molecule has 0 spiro atoms. The summed E-state index contributed by atoms with van der Waals surface area (Å²) >= 11 is 7.15. The topological polar surface area (TPSA) is 0 Å². The van der Waals surface area contributed by atoms with Crippen molar-refractivity contribution in [1.82, 2.24) is 0 Å². The summed E-state index contributed by atoms with van der Waals surface area (Å²) in [6, 6.07) is 10.8. The summed E-state index contributed by atoms with van der Waals surface area (Å²) in [7, 11) is 0. The predicted octanol–water partition coefficient (Wildman–Crippen LogP) is 4.73. The van der Waals surface area contributed by atoms with Crippen LogP contribution >= 0.6 is 31.9 Å². The van der Waals surface area contributed by atoms with Crippen molar-refractivity contribution in [2.24, 2.45) is 0 Å². The van der Waals surface area contributed by atoms with Gasteiger partial charge in [-0.1, -0.05) is 69.1 Å². The molecule has 14 heavy (non-hydrogen) atoms. The van der Waals surface area contributed by atoms with Gasteiger partial charge < -0.3 is 0 Å². The van der Waals surface area contributed by atoms with E-state index in [9.17, 15) is 0 Å². The van der Waals surface area contributed by atoms with Crippen molar-refractivity contribution in [1.29, 1.82) is 0 Å². The van der Waals surface area contributed by atoms with Gasteiger partial charge in [-0.05, 0) is 24.3 Å². The van der Waals surface area contributed by atoms with Gasteiger partial charge in [-0.15, -0.1) is 0 Å². The summed E-state index contributed by atoms with van der Waals surface area (Å²) in [6.45, 7) is 2.21. The minimum absolute atomic E-state index is 0.590. The molecule has 0 radical (unpaired) electrons. The molecular formula is C12H16Br2. The lowest BCUT2D eigenvalue weighted by Crippen LogP contribution is -2.05. The van der Waals surface area contributed by atoms with Crippen molar-refractivity contribution in [2.45, 2.75) is 30.5 Å². The molecule has 1 aromatic carbocycles. The van der Waals surface area contributed by atoms with E-state index in [1.165, 1.54) is 18.4 Å². The minimum atomic E-state index is 0.590. The highest BCUT2D eigenvalue weighted by Crippen LogP contribution is 2.27.